The number of methoxy groups -OCH3 is 1. The molecule has 3 aliphatic rings. The van der Waals surface area contributed by atoms with Crippen molar-refractivity contribution in [2.45, 2.75) is 77.3 Å². The Hall–Kier alpha value is -2.44. The van der Waals surface area contributed by atoms with Crippen LogP contribution in [0.25, 0.3) is 0 Å². The van der Waals surface area contributed by atoms with Crippen LogP contribution in [0.15, 0.2) is 59.4 Å². The lowest BCUT2D eigenvalue weighted by Crippen LogP contribution is -2.53. The zero-order valence-electron chi connectivity index (χ0n) is 21.9. The van der Waals surface area contributed by atoms with Gasteiger partial charge in [0.15, 0.2) is 12.0 Å². The van der Waals surface area contributed by atoms with E-state index in [4.69, 9.17) is 14.5 Å². The molecule has 0 N–H and O–H groups in total. The summed E-state index contributed by atoms with van der Waals surface area (Å²) < 4.78 is 12.4. The fourth-order valence-electron chi connectivity index (χ4n) is 6.79. The first-order chi connectivity index (χ1) is 17.4. The number of rotatable bonds is 9. The number of ether oxygens (including phenoxy) is 2. The first-order valence-electron chi connectivity index (χ1n) is 13.3. The van der Waals surface area contributed by atoms with Gasteiger partial charge in [-0.15, -0.1) is 17.9 Å². The fraction of sp³-hybridized carbons (Fsp3) is 0.533. The molecule has 2 fully saturated rings. The first kappa shape index (κ1) is 25.2. The molecule has 3 heterocycles. The van der Waals surface area contributed by atoms with Gasteiger partial charge < -0.3 is 14.4 Å². The second-order valence-corrected chi connectivity index (χ2v) is 11.6. The lowest BCUT2D eigenvalue weighted by molar-refractivity contribution is -0.155. The van der Waals surface area contributed by atoms with Gasteiger partial charge in [0.25, 0.3) is 0 Å². The van der Waals surface area contributed by atoms with Gasteiger partial charge in [0, 0.05) is 17.2 Å². The van der Waals surface area contributed by atoms with Crippen LogP contribution in [-0.4, -0.2) is 35.6 Å². The van der Waals surface area contributed by atoms with Crippen molar-refractivity contribution in [1.82, 2.24) is 4.90 Å². The maximum atomic E-state index is 14.5. The van der Waals surface area contributed by atoms with E-state index in [2.05, 4.69) is 57.0 Å². The van der Waals surface area contributed by atoms with Gasteiger partial charge in [-0.05, 0) is 66.7 Å². The van der Waals surface area contributed by atoms with Crippen molar-refractivity contribution in [1.29, 1.82) is 0 Å². The molecule has 0 radical (unpaired) electrons. The average molecular weight is 507 g/mol. The van der Waals surface area contributed by atoms with Gasteiger partial charge in [0.2, 0.25) is 5.91 Å². The Morgan fingerprint density at radius 3 is 2.64 bits per heavy atom. The van der Waals surface area contributed by atoms with Crippen LogP contribution in [0.3, 0.4) is 0 Å². The van der Waals surface area contributed by atoms with Crippen molar-refractivity contribution in [2.75, 3.05) is 7.11 Å². The summed E-state index contributed by atoms with van der Waals surface area (Å²) in [5.41, 5.74) is 0.900. The maximum Gasteiger partial charge on any atom is 0.232 e. The van der Waals surface area contributed by atoms with Crippen molar-refractivity contribution < 1.29 is 14.3 Å². The van der Waals surface area contributed by atoms with Crippen LogP contribution >= 0.6 is 11.3 Å². The highest BCUT2D eigenvalue weighted by Crippen LogP contribution is 2.61. The molecule has 1 aromatic carbocycles. The van der Waals surface area contributed by atoms with E-state index >= 15 is 0 Å². The first-order valence-corrected chi connectivity index (χ1v) is 14.1. The van der Waals surface area contributed by atoms with E-state index in [9.17, 15) is 4.79 Å². The standard InChI is InChI=1S/C30H38N2O3S/c1-6-15-29-19-30(32(28(29)33)18-24-10-9-16-36-24)26(31-27(35-30)21(7-2)8-3)17-25(20(29)4)22-11-13-23(34-5)14-12-22/h6,9-14,16,20-21,25,27H,1,7-8,15,17-19H2,2-5H3/t20-,25+,27-,29+,30+/m1/s1. The zero-order valence-corrected chi connectivity index (χ0v) is 22.7. The summed E-state index contributed by atoms with van der Waals surface area (Å²) in [7, 11) is 1.69. The van der Waals surface area contributed by atoms with E-state index in [1.54, 1.807) is 18.4 Å². The predicted molar refractivity (Wildman–Crippen MR) is 145 cm³/mol. The maximum absolute atomic E-state index is 14.5. The summed E-state index contributed by atoms with van der Waals surface area (Å²) in [6.07, 6.45) is 5.78. The molecule has 1 amide bonds. The highest BCUT2D eigenvalue weighted by Gasteiger charge is 2.68. The number of likely N-dealkylation sites (tertiary alicyclic amines) is 1. The van der Waals surface area contributed by atoms with Crippen molar-refractivity contribution in [2.24, 2.45) is 22.2 Å². The number of thiophene rings is 1. The summed E-state index contributed by atoms with van der Waals surface area (Å²) in [5, 5.41) is 2.07. The number of aliphatic imine (C=N–C) groups is 1. The molecule has 2 bridgehead atoms. The molecule has 1 aliphatic carbocycles. The molecule has 1 saturated carbocycles. The predicted octanol–water partition coefficient (Wildman–Crippen LogP) is 6.80. The molecule has 1 spiro atoms. The largest absolute Gasteiger partial charge is 0.497 e. The number of hydrogen-bond acceptors (Lipinski definition) is 5. The fourth-order valence-corrected chi connectivity index (χ4v) is 7.49. The molecule has 1 saturated heterocycles. The number of carbonyl (C=O) groups excluding carboxylic acids is 1. The Balaban J connectivity index is 1.64. The summed E-state index contributed by atoms with van der Waals surface area (Å²) in [4.78, 5) is 23.0. The molecule has 2 aromatic rings. The lowest BCUT2D eigenvalue weighted by Gasteiger charge is -2.39. The van der Waals surface area contributed by atoms with E-state index in [1.807, 2.05) is 23.1 Å². The van der Waals surface area contributed by atoms with Gasteiger partial charge in [0.05, 0.1) is 24.8 Å². The molecule has 5 nitrogen and oxygen atoms in total. The number of nitrogens with zero attached hydrogens (tertiary/aromatic N) is 2. The van der Waals surface area contributed by atoms with Gasteiger partial charge in [-0.2, -0.15) is 0 Å². The van der Waals surface area contributed by atoms with Gasteiger partial charge in [-0.25, -0.2) is 0 Å². The third kappa shape index (κ3) is 3.84. The van der Waals surface area contributed by atoms with Crippen LogP contribution in [0.1, 0.15) is 69.2 Å². The normalized spacial score (nSPS) is 31.4. The number of fused-ring (bicyclic) bond motifs is 1. The highest BCUT2D eigenvalue weighted by molar-refractivity contribution is 7.09. The summed E-state index contributed by atoms with van der Waals surface area (Å²) in [5.74, 6) is 1.62. The second-order valence-electron chi connectivity index (χ2n) is 10.6. The molecule has 5 atom stereocenters. The third-order valence-corrected chi connectivity index (χ3v) is 9.86. The van der Waals surface area contributed by atoms with Crippen LogP contribution < -0.4 is 4.74 Å². The summed E-state index contributed by atoms with van der Waals surface area (Å²) in [6, 6.07) is 12.5. The van der Waals surface area contributed by atoms with Crippen LogP contribution in [0.5, 0.6) is 5.75 Å². The van der Waals surface area contributed by atoms with Gasteiger partial charge in [-0.3, -0.25) is 9.79 Å². The number of carbonyl (C=O) groups is 1. The van der Waals surface area contributed by atoms with E-state index in [0.29, 0.717) is 25.3 Å². The van der Waals surface area contributed by atoms with Crippen LogP contribution in [0.4, 0.5) is 0 Å². The van der Waals surface area contributed by atoms with Crippen LogP contribution in [0.2, 0.25) is 0 Å². The SMILES string of the molecule is C=CC[C@]12C[C@@]3(O[C@H](C(CC)CC)N=C3C[C@H](c3ccc(OC)cc3)[C@H]1C)N(Cc1cccs1)C2=O. The number of allylic oxidation sites excluding steroid dienone is 1. The van der Waals surface area contributed by atoms with Gasteiger partial charge in [-0.1, -0.05) is 45.0 Å². The molecular weight excluding hydrogens is 468 g/mol. The quantitative estimate of drug-likeness (QED) is 0.351. The van der Waals surface area contributed by atoms with Gasteiger partial charge >= 0.3 is 0 Å². The molecular formula is C30H38N2O3S. The summed E-state index contributed by atoms with van der Waals surface area (Å²) >= 11 is 1.69. The molecule has 192 valence electrons. The second kappa shape index (κ2) is 9.79. The van der Waals surface area contributed by atoms with Gasteiger partial charge in [0.1, 0.15) is 5.75 Å². The molecule has 0 unspecified atom stereocenters. The highest BCUT2D eigenvalue weighted by atomic mass is 32.1. The number of hydrogen-bond donors (Lipinski definition) is 0. The molecule has 36 heavy (non-hydrogen) atoms. The third-order valence-electron chi connectivity index (χ3n) is 9.00. The topological polar surface area (TPSA) is 51.1 Å². The van der Waals surface area contributed by atoms with Crippen molar-refractivity contribution >= 4 is 23.0 Å². The molecule has 5 rings (SSSR count). The number of benzene rings is 1. The van der Waals surface area contributed by atoms with E-state index in [0.717, 1.165) is 30.7 Å². The van der Waals surface area contributed by atoms with Crippen molar-refractivity contribution in [3.63, 3.8) is 0 Å². The van der Waals surface area contributed by atoms with Crippen molar-refractivity contribution in [3.8, 4) is 5.75 Å². The average Bonchev–Trinajstić information content (AvgIpc) is 3.57. The van der Waals surface area contributed by atoms with E-state index < -0.39 is 11.1 Å². The molecule has 2 aliphatic heterocycles. The number of amides is 1. The molecule has 6 heteroatoms. The Morgan fingerprint density at radius 2 is 2.03 bits per heavy atom. The minimum atomic E-state index is -0.785. The monoisotopic (exact) mass is 506 g/mol. The summed E-state index contributed by atoms with van der Waals surface area (Å²) in [6.45, 7) is 11.3. The van der Waals surface area contributed by atoms with E-state index in [1.165, 1.54) is 10.4 Å². The van der Waals surface area contributed by atoms with Crippen molar-refractivity contribution in [3.05, 3.63) is 64.9 Å². The van der Waals surface area contributed by atoms with Crippen LogP contribution in [0, 0.1) is 17.3 Å². The Labute approximate surface area is 219 Å². The zero-order chi connectivity index (χ0) is 25.5. The lowest BCUT2D eigenvalue weighted by atomic mass is 9.66. The minimum Gasteiger partial charge on any atom is -0.497 e. The minimum absolute atomic E-state index is 0.102. The Bertz CT molecular complexity index is 1120. The Kier molecular flexibility index (Phi) is 6.86. The van der Waals surface area contributed by atoms with E-state index in [-0.39, 0.29) is 24.0 Å². The van der Waals surface area contributed by atoms with Crippen LogP contribution in [-0.2, 0) is 16.1 Å². The Morgan fingerprint density at radius 1 is 1.28 bits per heavy atom. The smallest absolute Gasteiger partial charge is 0.232 e. The molecule has 1 aromatic heterocycles.